The number of sulfonamides is 1. The fraction of sp³-hybridized carbons (Fsp3) is 0.733. The van der Waals surface area contributed by atoms with Crippen LogP contribution in [-0.4, -0.2) is 63.1 Å². The van der Waals surface area contributed by atoms with Crippen LogP contribution in [0.4, 0.5) is 0 Å². The molecule has 0 amide bonds. The van der Waals surface area contributed by atoms with Gasteiger partial charge in [-0.25, -0.2) is 8.42 Å². The van der Waals surface area contributed by atoms with E-state index in [2.05, 4.69) is 4.90 Å². The van der Waals surface area contributed by atoms with Crippen molar-refractivity contribution in [2.75, 3.05) is 39.3 Å². The van der Waals surface area contributed by atoms with Crippen molar-refractivity contribution in [2.45, 2.75) is 37.7 Å². The summed E-state index contributed by atoms with van der Waals surface area (Å²) in [5.74, 6) is 0. The van der Waals surface area contributed by atoms with Crippen LogP contribution < -0.4 is 0 Å². The molecule has 0 radical (unpaired) electrons. The molecule has 0 saturated carbocycles. The predicted octanol–water partition coefficient (Wildman–Crippen LogP) is 1.85. The zero-order chi connectivity index (χ0) is 15.7. The van der Waals surface area contributed by atoms with Crippen molar-refractivity contribution in [3.63, 3.8) is 0 Å². The molecule has 124 valence electrons. The number of nitrogens with zero attached hydrogens (tertiary/aromatic N) is 2. The Kier molecular flexibility index (Phi) is 4.89. The van der Waals surface area contributed by atoms with Gasteiger partial charge in [0.05, 0.1) is 11.0 Å². The molecule has 0 aliphatic carbocycles. The summed E-state index contributed by atoms with van der Waals surface area (Å²) < 4.78 is 32.8. The quantitative estimate of drug-likeness (QED) is 0.836. The van der Waals surface area contributed by atoms with Crippen LogP contribution in [0.2, 0.25) is 0 Å². The van der Waals surface area contributed by atoms with Gasteiger partial charge in [-0.15, -0.1) is 11.3 Å². The van der Waals surface area contributed by atoms with Crippen LogP contribution in [0.15, 0.2) is 11.0 Å². The van der Waals surface area contributed by atoms with Crippen LogP contribution in [0.25, 0.3) is 0 Å². The third-order valence-electron chi connectivity index (χ3n) is 4.43. The fourth-order valence-electron chi connectivity index (χ4n) is 3.23. The molecule has 2 aliphatic heterocycles. The smallest absolute Gasteiger partial charge is 0.244 e. The molecule has 0 spiro atoms. The summed E-state index contributed by atoms with van der Waals surface area (Å²) in [6.45, 7) is 8.38. The lowest BCUT2D eigenvalue weighted by Crippen LogP contribution is -2.50. The first-order chi connectivity index (χ1) is 10.5. The Balaban J connectivity index is 1.61. The van der Waals surface area contributed by atoms with Gasteiger partial charge in [-0.05, 0) is 32.8 Å². The van der Waals surface area contributed by atoms with Crippen molar-refractivity contribution in [1.29, 1.82) is 0 Å². The molecular weight excluding hydrogens is 320 g/mol. The molecule has 3 heterocycles. The number of thiophene rings is 1. The minimum absolute atomic E-state index is 0.338. The van der Waals surface area contributed by atoms with Gasteiger partial charge in [-0.1, -0.05) is 0 Å². The highest BCUT2D eigenvalue weighted by Gasteiger charge is 2.31. The normalized spacial score (nSPS) is 24.9. The lowest BCUT2D eigenvalue weighted by molar-refractivity contribution is 0.0617. The monoisotopic (exact) mass is 344 g/mol. The molecule has 3 rings (SSSR count). The predicted molar refractivity (Wildman–Crippen MR) is 88.0 cm³/mol. The Morgan fingerprint density at radius 1 is 1.27 bits per heavy atom. The van der Waals surface area contributed by atoms with Crippen LogP contribution >= 0.6 is 11.3 Å². The first-order valence-electron chi connectivity index (χ1n) is 7.88. The summed E-state index contributed by atoms with van der Waals surface area (Å²) in [5, 5.41) is 0. The van der Waals surface area contributed by atoms with Gasteiger partial charge in [0.1, 0.15) is 0 Å². The molecule has 7 heteroatoms. The van der Waals surface area contributed by atoms with Gasteiger partial charge in [0.15, 0.2) is 0 Å². The molecule has 1 aromatic rings. The molecule has 2 saturated heterocycles. The second-order valence-electron chi connectivity index (χ2n) is 6.12. The molecular formula is C15H24N2O3S2. The Morgan fingerprint density at radius 2 is 2.00 bits per heavy atom. The van der Waals surface area contributed by atoms with Crippen molar-refractivity contribution < 1.29 is 13.2 Å². The lowest BCUT2D eigenvalue weighted by atomic mass is 10.2. The van der Waals surface area contributed by atoms with Crippen LogP contribution in [0.5, 0.6) is 0 Å². The molecule has 0 N–H and O–H groups in total. The van der Waals surface area contributed by atoms with Crippen molar-refractivity contribution in [3.8, 4) is 0 Å². The highest BCUT2D eigenvalue weighted by atomic mass is 32.2. The minimum Gasteiger partial charge on any atom is -0.377 e. The Hall–Kier alpha value is -0.470. The molecule has 5 nitrogen and oxygen atoms in total. The zero-order valence-electron chi connectivity index (χ0n) is 13.2. The maximum absolute atomic E-state index is 12.8. The average Bonchev–Trinajstić information content (AvgIpc) is 3.09. The van der Waals surface area contributed by atoms with E-state index in [4.69, 9.17) is 4.74 Å². The van der Waals surface area contributed by atoms with Crippen molar-refractivity contribution >= 4 is 21.4 Å². The maximum atomic E-state index is 12.8. The van der Waals surface area contributed by atoms with Gasteiger partial charge < -0.3 is 4.74 Å². The minimum atomic E-state index is -3.34. The van der Waals surface area contributed by atoms with Gasteiger partial charge >= 0.3 is 0 Å². The highest BCUT2D eigenvalue weighted by molar-refractivity contribution is 7.89. The maximum Gasteiger partial charge on any atom is 0.244 e. The molecule has 0 aromatic carbocycles. The second-order valence-corrected chi connectivity index (χ2v) is 9.48. The van der Waals surface area contributed by atoms with E-state index in [0.29, 0.717) is 24.1 Å². The molecule has 2 aliphatic rings. The topological polar surface area (TPSA) is 49.9 Å². The van der Waals surface area contributed by atoms with E-state index in [9.17, 15) is 8.42 Å². The summed E-state index contributed by atoms with van der Waals surface area (Å²) in [5.41, 5.74) is 0. The SMILES string of the molecule is Cc1cc(S(=O)(=O)N2CCN(C[C@@H]3CCCO3)CC2)c(C)s1. The summed E-state index contributed by atoms with van der Waals surface area (Å²) in [4.78, 5) is 4.75. The molecule has 1 atom stereocenters. The Bertz CT molecular complexity index is 613. The van der Waals surface area contributed by atoms with E-state index in [1.165, 1.54) is 0 Å². The molecule has 0 bridgehead atoms. The van der Waals surface area contributed by atoms with Crippen molar-refractivity contribution in [2.24, 2.45) is 0 Å². The van der Waals surface area contributed by atoms with Gasteiger partial charge in [-0.3, -0.25) is 4.90 Å². The standard InChI is InChI=1S/C15H24N2O3S2/c1-12-10-15(13(2)21-12)22(18,19)17-7-5-16(6-8-17)11-14-4-3-9-20-14/h10,14H,3-9,11H2,1-2H3/t14-/m0/s1. The lowest BCUT2D eigenvalue weighted by Gasteiger charge is -2.34. The number of piperazine rings is 1. The van der Waals surface area contributed by atoms with Crippen LogP contribution in [0.3, 0.4) is 0 Å². The summed E-state index contributed by atoms with van der Waals surface area (Å²) in [6.07, 6.45) is 2.62. The number of aryl methyl sites for hydroxylation is 2. The van der Waals surface area contributed by atoms with Gasteiger partial charge in [-0.2, -0.15) is 4.31 Å². The van der Waals surface area contributed by atoms with Crippen LogP contribution in [0.1, 0.15) is 22.6 Å². The zero-order valence-corrected chi connectivity index (χ0v) is 14.9. The number of ether oxygens (including phenoxy) is 1. The number of hydrogen-bond acceptors (Lipinski definition) is 5. The van der Waals surface area contributed by atoms with Crippen LogP contribution in [-0.2, 0) is 14.8 Å². The average molecular weight is 345 g/mol. The Morgan fingerprint density at radius 3 is 2.55 bits per heavy atom. The second kappa shape index (κ2) is 6.57. The fourth-order valence-corrected chi connectivity index (χ4v) is 6.18. The molecule has 0 unspecified atom stereocenters. The first-order valence-corrected chi connectivity index (χ1v) is 10.1. The van der Waals surface area contributed by atoms with Gasteiger partial charge in [0.2, 0.25) is 10.0 Å². The van der Waals surface area contributed by atoms with E-state index in [-0.39, 0.29) is 0 Å². The van der Waals surface area contributed by atoms with E-state index in [1.54, 1.807) is 21.7 Å². The van der Waals surface area contributed by atoms with E-state index in [0.717, 1.165) is 48.8 Å². The van der Waals surface area contributed by atoms with Crippen molar-refractivity contribution in [1.82, 2.24) is 9.21 Å². The number of hydrogen-bond donors (Lipinski definition) is 0. The largest absolute Gasteiger partial charge is 0.377 e. The number of rotatable bonds is 4. The first kappa shape index (κ1) is 16.4. The van der Waals surface area contributed by atoms with E-state index < -0.39 is 10.0 Å². The summed E-state index contributed by atoms with van der Waals surface area (Å²) >= 11 is 1.55. The third-order valence-corrected chi connectivity index (χ3v) is 7.55. The van der Waals surface area contributed by atoms with Crippen molar-refractivity contribution in [3.05, 3.63) is 15.8 Å². The summed E-state index contributed by atoms with van der Waals surface area (Å²) in [6, 6.07) is 1.80. The molecule has 2 fully saturated rings. The highest BCUT2D eigenvalue weighted by Crippen LogP contribution is 2.28. The molecule has 22 heavy (non-hydrogen) atoms. The van der Waals surface area contributed by atoms with Crippen LogP contribution in [0, 0.1) is 13.8 Å². The van der Waals surface area contributed by atoms with E-state index in [1.807, 2.05) is 13.8 Å². The van der Waals surface area contributed by atoms with Gasteiger partial charge in [0.25, 0.3) is 0 Å². The summed E-state index contributed by atoms with van der Waals surface area (Å²) in [7, 11) is -3.34. The third kappa shape index (κ3) is 3.38. The Labute approximate surface area is 136 Å². The van der Waals surface area contributed by atoms with E-state index >= 15 is 0 Å². The van der Waals surface area contributed by atoms with Gasteiger partial charge in [0, 0.05) is 49.1 Å². The molecule has 1 aromatic heterocycles.